The third-order valence-electron chi connectivity index (χ3n) is 2.80. The number of carboxylic acid groups (broad SMARTS) is 1. The summed E-state index contributed by atoms with van der Waals surface area (Å²) in [4.78, 5) is 12.9. The van der Waals surface area contributed by atoms with Crippen molar-refractivity contribution >= 4 is 5.97 Å². The largest absolute Gasteiger partial charge is 0.480 e. The minimum Gasteiger partial charge on any atom is -0.480 e. The van der Waals surface area contributed by atoms with Crippen molar-refractivity contribution < 1.29 is 9.90 Å². The van der Waals surface area contributed by atoms with Crippen LogP contribution in [-0.2, 0) is 4.79 Å². The molecular formula is C10H15NO2. The van der Waals surface area contributed by atoms with Crippen LogP contribution in [-0.4, -0.2) is 35.1 Å². The molecule has 0 saturated heterocycles. The Kier molecular flexibility index (Phi) is 2.94. The highest BCUT2D eigenvalue weighted by Gasteiger charge is 2.47. The second-order valence-corrected chi connectivity index (χ2v) is 3.47. The smallest absolute Gasteiger partial charge is 0.324 e. The van der Waals surface area contributed by atoms with Gasteiger partial charge in [0.05, 0.1) is 6.54 Å². The molecule has 0 bridgehead atoms. The molecule has 0 aromatic carbocycles. The Hall–Kier alpha value is -1.01. The number of hydrogen-bond acceptors (Lipinski definition) is 2. The summed E-state index contributed by atoms with van der Waals surface area (Å²) in [6, 6.07) is 0. The number of rotatable bonds is 3. The van der Waals surface area contributed by atoms with Gasteiger partial charge in [-0.1, -0.05) is 5.92 Å². The third-order valence-corrected chi connectivity index (χ3v) is 2.80. The molecule has 0 radical (unpaired) electrons. The Labute approximate surface area is 78.7 Å². The van der Waals surface area contributed by atoms with Crippen molar-refractivity contribution in [1.29, 1.82) is 0 Å². The molecule has 0 unspecified atom stereocenters. The second kappa shape index (κ2) is 3.80. The quantitative estimate of drug-likeness (QED) is 0.659. The fourth-order valence-electron chi connectivity index (χ4n) is 1.62. The van der Waals surface area contributed by atoms with E-state index in [9.17, 15) is 4.79 Å². The van der Waals surface area contributed by atoms with Gasteiger partial charge in [0, 0.05) is 0 Å². The molecule has 1 aliphatic rings. The summed E-state index contributed by atoms with van der Waals surface area (Å²) in [6.45, 7) is 2.31. The molecule has 1 aliphatic carbocycles. The third kappa shape index (κ3) is 1.68. The zero-order valence-corrected chi connectivity index (χ0v) is 8.13. The van der Waals surface area contributed by atoms with Gasteiger partial charge in [-0.25, -0.2) is 0 Å². The van der Waals surface area contributed by atoms with Gasteiger partial charge in [0.2, 0.25) is 0 Å². The van der Waals surface area contributed by atoms with Crippen LogP contribution < -0.4 is 0 Å². The van der Waals surface area contributed by atoms with Crippen molar-refractivity contribution in [2.75, 3.05) is 13.6 Å². The molecular weight excluding hydrogens is 166 g/mol. The van der Waals surface area contributed by atoms with E-state index >= 15 is 0 Å². The van der Waals surface area contributed by atoms with Gasteiger partial charge in [-0.2, -0.15) is 0 Å². The van der Waals surface area contributed by atoms with Crippen LogP contribution in [0.15, 0.2) is 0 Å². The van der Waals surface area contributed by atoms with Crippen LogP contribution in [0.5, 0.6) is 0 Å². The molecule has 72 valence electrons. The van der Waals surface area contributed by atoms with Crippen molar-refractivity contribution in [1.82, 2.24) is 4.90 Å². The molecule has 0 aromatic heterocycles. The number of hydrogen-bond donors (Lipinski definition) is 1. The normalized spacial score (nSPS) is 18.7. The average molecular weight is 181 g/mol. The number of carbonyl (C=O) groups is 1. The highest BCUT2D eigenvalue weighted by Crippen LogP contribution is 2.36. The van der Waals surface area contributed by atoms with Crippen LogP contribution in [0.2, 0.25) is 0 Å². The standard InChI is InChI=1S/C10H15NO2/c1-3-4-8-11(2)10(9(12)13)6-5-7-10/h5-8H2,1-2H3,(H,12,13). The maximum absolute atomic E-state index is 11.0. The minimum atomic E-state index is -0.709. The van der Waals surface area contributed by atoms with Gasteiger partial charge in [0.25, 0.3) is 0 Å². The molecule has 1 saturated carbocycles. The summed E-state index contributed by atoms with van der Waals surface area (Å²) in [7, 11) is 1.83. The fourth-order valence-corrected chi connectivity index (χ4v) is 1.62. The van der Waals surface area contributed by atoms with Gasteiger partial charge in [0.15, 0.2) is 0 Å². The van der Waals surface area contributed by atoms with Crippen LogP contribution in [0, 0.1) is 11.8 Å². The topological polar surface area (TPSA) is 40.5 Å². The molecule has 1 N–H and O–H groups in total. The molecule has 0 aliphatic heterocycles. The lowest BCUT2D eigenvalue weighted by Crippen LogP contribution is -2.57. The molecule has 0 aromatic rings. The first-order valence-corrected chi connectivity index (χ1v) is 4.48. The summed E-state index contributed by atoms with van der Waals surface area (Å²) in [5.41, 5.74) is -0.621. The lowest BCUT2D eigenvalue weighted by Gasteiger charge is -2.44. The van der Waals surface area contributed by atoms with E-state index < -0.39 is 11.5 Å². The van der Waals surface area contributed by atoms with Crippen LogP contribution in [0.1, 0.15) is 26.2 Å². The van der Waals surface area contributed by atoms with Crippen molar-refractivity contribution in [3.63, 3.8) is 0 Å². The Balaban J connectivity index is 2.64. The molecule has 3 nitrogen and oxygen atoms in total. The lowest BCUT2D eigenvalue weighted by atomic mass is 9.75. The number of carboxylic acids is 1. The summed E-state index contributed by atoms with van der Waals surface area (Å²) in [6.07, 6.45) is 2.52. The van der Waals surface area contributed by atoms with E-state index in [4.69, 9.17) is 5.11 Å². The highest BCUT2D eigenvalue weighted by atomic mass is 16.4. The van der Waals surface area contributed by atoms with E-state index in [2.05, 4.69) is 11.8 Å². The van der Waals surface area contributed by atoms with Gasteiger partial charge in [-0.15, -0.1) is 5.92 Å². The number of aliphatic carboxylic acids is 1. The van der Waals surface area contributed by atoms with Crippen molar-refractivity contribution in [2.24, 2.45) is 0 Å². The molecule has 0 spiro atoms. The number of nitrogens with zero attached hydrogens (tertiary/aromatic N) is 1. The predicted molar refractivity (Wildman–Crippen MR) is 50.3 cm³/mol. The summed E-state index contributed by atoms with van der Waals surface area (Å²) in [5.74, 6) is 4.95. The Bertz CT molecular complexity index is 258. The van der Waals surface area contributed by atoms with E-state index in [1.165, 1.54) is 0 Å². The molecule has 1 fully saturated rings. The van der Waals surface area contributed by atoms with Gasteiger partial charge >= 0.3 is 5.97 Å². The molecule has 3 heteroatoms. The van der Waals surface area contributed by atoms with Gasteiger partial charge in [-0.3, -0.25) is 9.69 Å². The van der Waals surface area contributed by atoms with Crippen LogP contribution in [0.25, 0.3) is 0 Å². The zero-order chi connectivity index (χ0) is 9.90. The van der Waals surface area contributed by atoms with Gasteiger partial charge in [-0.05, 0) is 33.2 Å². The SMILES string of the molecule is CC#CCN(C)C1(C(=O)O)CCC1. The molecule has 0 heterocycles. The van der Waals surface area contributed by atoms with Crippen LogP contribution >= 0.6 is 0 Å². The summed E-state index contributed by atoms with van der Waals surface area (Å²) >= 11 is 0. The first kappa shape index (κ1) is 10.1. The maximum atomic E-state index is 11.0. The minimum absolute atomic E-state index is 0.544. The summed E-state index contributed by atoms with van der Waals surface area (Å²) in [5, 5.41) is 9.06. The Morgan fingerprint density at radius 1 is 1.62 bits per heavy atom. The Morgan fingerprint density at radius 3 is 2.54 bits per heavy atom. The maximum Gasteiger partial charge on any atom is 0.324 e. The predicted octanol–water partition coefficient (Wildman–Crippen LogP) is 0.949. The van der Waals surface area contributed by atoms with E-state index in [1.54, 1.807) is 6.92 Å². The van der Waals surface area contributed by atoms with Crippen LogP contribution in [0.4, 0.5) is 0 Å². The molecule has 1 rings (SSSR count). The lowest BCUT2D eigenvalue weighted by molar-refractivity contribution is -0.156. The van der Waals surface area contributed by atoms with Crippen LogP contribution in [0.3, 0.4) is 0 Å². The zero-order valence-electron chi connectivity index (χ0n) is 8.13. The van der Waals surface area contributed by atoms with E-state index in [1.807, 2.05) is 11.9 Å². The van der Waals surface area contributed by atoms with Crippen molar-refractivity contribution in [3.05, 3.63) is 0 Å². The number of likely N-dealkylation sites (N-methyl/N-ethyl adjacent to an activating group) is 1. The van der Waals surface area contributed by atoms with E-state index in [0.29, 0.717) is 6.54 Å². The van der Waals surface area contributed by atoms with E-state index in [-0.39, 0.29) is 0 Å². The Morgan fingerprint density at radius 2 is 2.23 bits per heavy atom. The fraction of sp³-hybridized carbons (Fsp3) is 0.700. The first-order valence-electron chi connectivity index (χ1n) is 4.48. The molecule has 13 heavy (non-hydrogen) atoms. The van der Waals surface area contributed by atoms with Gasteiger partial charge < -0.3 is 5.11 Å². The summed E-state index contributed by atoms with van der Waals surface area (Å²) < 4.78 is 0. The van der Waals surface area contributed by atoms with Crippen molar-refractivity contribution in [2.45, 2.75) is 31.7 Å². The van der Waals surface area contributed by atoms with Crippen molar-refractivity contribution in [3.8, 4) is 11.8 Å². The van der Waals surface area contributed by atoms with Gasteiger partial charge in [0.1, 0.15) is 5.54 Å². The molecule has 0 atom stereocenters. The molecule has 0 amide bonds. The average Bonchev–Trinajstić information content (AvgIpc) is 1.97. The van der Waals surface area contributed by atoms with E-state index in [0.717, 1.165) is 19.3 Å². The monoisotopic (exact) mass is 181 g/mol. The highest BCUT2D eigenvalue weighted by molar-refractivity contribution is 5.80. The first-order chi connectivity index (χ1) is 6.13. The second-order valence-electron chi connectivity index (χ2n) is 3.47.